The summed E-state index contributed by atoms with van der Waals surface area (Å²) >= 11 is 1.02. The number of aryl methyl sites for hydroxylation is 1. The molecule has 8 heteroatoms. The number of aromatic carboxylic acids is 1. The number of hydrogen-bond donors (Lipinski definition) is 4. The lowest BCUT2D eigenvalue weighted by molar-refractivity contribution is -0.117. The Kier molecular flexibility index (Phi) is 3.28. The Balaban J connectivity index is 2.12. The van der Waals surface area contributed by atoms with E-state index in [9.17, 15) is 14.4 Å². The van der Waals surface area contributed by atoms with Crippen LogP contribution in [-0.2, 0) is 4.79 Å². The molecule has 0 spiro atoms. The molecule has 4 N–H and O–H groups in total. The molecular formula is C10H11N3O4S. The van der Waals surface area contributed by atoms with Gasteiger partial charge in [0, 0.05) is 17.6 Å². The molecule has 2 amide bonds. The molecule has 0 bridgehead atoms. The van der Waals surface area contributed by atoms with E-state index >= 15 is 0 Å². The standard InChI is InChI=1S/C10H11N3O4S/c1-4-7(9(15)16)5(2-11-4)12-8(14)6-3-18-10(17)13-6/h2,6,11H,3H2,1H3,(H,12,14)(H,13,17)(H,15,16). The van der Waals surface area contributed by atoms with Crippen LogP contribution in [0.15, 0.2) is 6.20 Å². The van der Waals surface area contributed by atoms with Crippen molar-refractivity contribution in [1.82, 2.24) is 10.3 Å². The summed E-state index contributed by atoms with van der Waals surface area (Å²) in [5, 5.41) is 13.7. The number of nitrogens with one attached hydrogen (secondary N) is 3. The zero-order chi connectivity index (χ0) is 13.3. The van der Waals surface area contributed by atoms with Gasteiger partial charge < -0.3 is 20.7 Å². The fourth-order valence-electron chi connectivity index (χ4n) is 1.65. The molecule has 2 rings (SSSR count). The molecule has 1 aliphatic heterocycles. The minimum absolute atomic E-state index is 0.0281. The summed E-state index contributed by atoms with van der Waals surface area (Å²) < 4.78 is 0. The zero-order valence-corrected chi connectivity index (χ0v) is 10.3. The van der Waals surface area contributed by atoms with E-state index in [0.29, 0.717) is 11.4 Å². The summed E-state index contributed by atoms with van der Waals surface area (Å²) in [5.41, 5.74) is 0.694. The van der Waals surface area contributed by atoms with E-state index in [1.807, 2.05) is 0 Å². The average Bonchev–Trinajstić information content (AvgIpc) is 2.85. The Morgan fingerprint density at radius 2 is 2.28 bits per heavy atom. The van der Waals surface area contributed by atoms with Gasteiger partial charge in [0.05, 0.1) is 5.69 Å². The van der Waals surface area contributed by atoms with Crippen LogP contribution >= 0.6 is 11.8 Å². The highest BCUT2D eigenvalue weighted by Gasteiger charge is 2.29. The van der Waals surface area contributed by atoms with Crippen molar-refractivity contribution < 1.29 is 19.5 Å². The molecule has 96 valence electrons. The van der Waals surface area contributed by atoms with E-state index in [1.165, 1.54) is 6.20 Å². The molecule has 1 fully saturated rings. The fraction of sp³-hybridized carbons (Fsp3) is 0.300. The van der Waals surface area contributed by atoms with Gasteiger partial charge in [0.15, 0.2) is 0 Å². The number of H-pyrrole nitrogens is 1. The molecule has 0 aromatic carbocycles. The fourth-order valence-corrected chi connectivity index (χ4v) is 2.42. The molecule has 1 aromatic heterocycles. The van der Waals surface area contributed by atoms with Gasteiger partial charge in [-0.1, -0.05) is 11.8 Å². The third kappa shape index (κ3) is 2.33. The Hall–Kier alpha value is -1.96. The number of anilines is 1. The summed E-state index contributed by atoms with van der Waals surface area (Å²) in [5.74, 6) is -1.19. The molecule has 0 saturated carbocycles. The van der Waals surface area contributed by atoms with Crippen LogP contribution in [0, 0.1) is 6.92 Å². The highest BCUT2D eigenvalue weighted by atomic mass is 32.2. The summed E-state index contributed by atoms with van der Waals surface area (Å²) in [4.78, 5) is 36.5. The van der Waals surface area contributed by atoms with Crippen LogP contribution in [0.3, 0.4) is 0 Å². The topological polar surface area (TPSA) is 111 Å². The number of rotatable bonds is 3. The highest BCUT2D eigenvalue weighted by Crippen LogP contribution is 2.20. The first kappa shape index (κ1) is 12.5. The molecule has 7 nitrogen and oxygen atoms in total. The molecule has 18 heavy (non-hydrogen) atoms. The first-order valence-corrected chi connectivity index (χ1v) is 6.13. The number of carbonyl (C=O) groups excluding carboxylic acids is 2. The van der Waals surface area contributed by atoms with Gasteiger partial charge in [0.1, 0.15) is 11.6 Å². The van der Waals surface area contributed by atoms with Crippen LogP contribution in [0.25, 0.3) is 0 Å². The monoisotopic (exact) mass is 269 g/mol. The highest BCUT2D eigenvalue weighted by molar-refractivity contribution is 8.14. The quantitative estimate of drug-likeness (QED) is 0.648. The van der Waals surface area contributed by atoms with Gasteiger partial charge in [-0.2, -0.15) is 0 Å². The summed E-state index contributed by atoms with van der Waals surface area (Å²) in [6.45, 7) is 1.60. The Labute approximate surface area is 106 Å². The molecule has 1 atom stereocenters. The van der Waals surface area contributed by atoms with Crippen molar-refractivity contribution in [3.63, 3.8) is 0 Å². The summed E-state index contributed by atoms with van der Waals surface area (Å²) in [7, 11) is 0. The van der Waals surface area contributed by atoms with Crippen molar-refractivity contribution in [2.24, 2.45) is 0 Å². The minimum atomic E-state index is -1.12. The van der Waals surface area contributed by atoms with Crippen molar-refractivity contribution in [2.45, 2.75) is 13.0 Å². The van der Waals surface area contributed by atoms with E-state index in [0.717, 1.165) is 11.8 Å². The number of carboxylic acid groups (broad SMARTS) is 1. The van der Waals surface area contributed by atoms with Gasteiger partial charge in [-0.25, -0.2) is 4.79 Å². The molecule has 1 saturated heterocycles. The number of hydrogen-bond acceptors (Lipinski definition) is 4. The van der Waals surface area contributed by atoms with Crippen molar-refractivity contribution in [3.05, 3.63) is 17.5 Å². The van der Waals surface area contributed by atoms with Crippen LogP contribution in [-0.4, -0.2) is 39.0 Å². The lowest BCUT2D eigenvalue weighted by Crippen LogP contribution is -2.38. The maximum absolute atomic E-state index is 11.8. The maximum atomic E-state index is 11.8. The number of amides is 2. The lowest BCUT2D eigenvalue weighted by Gasteiger charge is -2.09. The lowest BCUT2D eigenvalue weighted by atomic mass is 10.2. The second-order valence-corrected chi connectivity index (χ2v) is 4.78. The predicted octanol–water partition coefficient (Wildman–Crippen LogP) is 0.785. The van der Waals surface area contributed by atoms with Gasteiger partial charge in [-0.05, 0) is 6.92 Å². The first-order valence-electron chi connectivity index (χ1n) is 5.14. The first-order chi connectivity index (χ1) is 8.49. The molecular weight excluding hydrogens is 258 g/mol. The van der Waals surface area contributed by atoms with Crippen molar-refractivity contribution >= 4 is 34.6 Å². The SMILES string of the molecule is Cc1[nH]cc(NC(=O)C2CSC(=O)N2)c1C(=O)O. The molecule has 2 heterocycles. The zero-order valence-electron chi connectivity index (χ0n) is 9.44. The van der Waals surface area contributed by atoms with Crippen LogP contribution in [0.4, 0.5) is 10.5 Å². The largest absolute Gasteiger partial charge is 0.478 e. The van der Waals surface area contributed by atoms with Gasteiger partial charge in [0.25, 0.3) is 5.24 Å². The number of carbonyl (C=O) groups is 3. The van der Waals surface area contributed by atoms with E-state index in [1.54, 1.807) is 6.92 Å². The van der Waals surface area contributed by atoms with E-state index < -0.39 is 17.9 Å². The second-order valence-electron chi connectivity index (χ2n) is 3.79. The smallest absolute Gasteiger partial charge is 0.339 e. The van der Waals surface area contributed by atoms with Crippen molar-refractivity contribution in [2.75, 3.05) is 11.1 Å². The molecule has 1 aromatic rings. The van der Waals surface area contributed by atoms with Gasteiger partial charge in [-0.15, -0.1) is 0 Å². The summed E-state index contributed by atoms with van der Waals surface area (Å²) in [6, 6.07) is -0.626. The third-order valence-corrected chi connectivity index (χ3v) is 3.42. The van der Waals surface area contributed by atoms with E-state index in [4.69, 9.17) is 5.11 Å². The van der Waals surface area contributed by atoms with Crippen molar-refractivity contribution in [1.29, 1.82) is 0 Å². The Morgan fingerprint density at radius 1 is 1.56 bits per heavy atom. The molecule has 1 unspecified atom stereocenters. The van der Waals surface area contributed by atoms with Crippen LogP contribution < -0.4 is 10.6 Å². The minimum Gasteiger partial charge on any atom is -0.478 e. The Bertz CT molecular complexity index is 525. The van der Waals surface area contributed by atoms with Crippen LogP contribution in [0.1, 0.15) is 16.1 Å². The second kappa shape index (κ2) is 4.73. The van der Waals surface area contributed by atoms with Crippen molar-refractivity contribution in [3.8, 4) is 0 Å². The molecule has 1 aliphatic rings. The normalized spacial score (nSPS) is 18.5. The van der Waals surface area contributed by atoms with Gasteiger partial charge in [0.2, 0.25) is 5.91 Å². The van der Waals surface area contributed by atoms with Gasteiger partial charge >= 0.3 is 5.97 Å². The van der Waals surface area contributed by atoms with E-state index in [-0.39, 0.29) is 16.5 Å². The Morgan fingerprint density at radius 3 is 2.83 bits per heavy atom. The number of aromatic nitrogens is 1. The maximum Gasteiger partial charge on any atom is 0.339 e. The summed E-state index contributed by atoms with van der Waals surface area (Å²) in [6.07, 6.45) is 1.42. The number of carboxylic acids is 1. The van der Waals surface area contributed by atoms with Crippen LogP contribution in [0.2, 0.25) is 0 Å². The predicted molar refractivity (Wildman–Crippen MR) is 65.9 cm³/mol. The number of aromatic amines is 1. The van der Waals surface area contributed by atoms with Gasteiger partial charge in [-0.3, -0.25) is 9.59 Å². The average molecular weight is 269 g/mol. The van der Waals surface area contributed by atoms with Crippen LogP contribution in [0.5, 0.6) is 0 Å². The van der Waals surface area contributed by atoms with E-state index in [2.05, 4.69) is 15.6 Å². The number of thioether (sulfide) groups is 1. The molecule has 0 aliphatic carbocycles. The molecule has 0 radical (unpaired) electrons. The third-order valence-electron chi connectivity index (χ3n) is 2.54.